The first kappa shape index (κ1) is 10.7. The van der Waals surface area contributed by atoms with E-state index in [1.54, 1.807) is 6.92 Å². The number of benzene rings is 1. The number of carbonyl (C=O) groups excluding carboxylic acids is 2. The predicted molar refractivity (Wildman–Crippen MR) is 60.9 cm³/mol. The van der Waals surface area contributed by atoms with E-state index in [1.165, 1.54) is 4.90 Å². The van der Waals surface area contributed by atoms with Gasteiger partial charge in [-0.15, -0.1) is 0 Å². The zero-order chi connectivity index (χ0) is 11.5. The third-order valence-electron chi connectivity index (χ3n) is 2.64. The standard InChI is InChI=1S/C12H14N2O2/c1-9(12(16)14-8-7-11(14)15)13-10-5-3-2-4-6-10/h2-6,9,13H,7-8H2,1H3/t9-/m0/s1. The average Bonchev–Trinajstić information content (AvgIpc) is 2.28. The highest BCUT2D eigenvalue weighted by Crippen LogP contribution is 2.13. The van der Waals surface area contributed by atoms with Gasteiger partial charge >= 0.3 is 0 Å². The molecule has 1 N–H and O–H groups in total. The lowest BCUT2D eigenvalue weighted by Gasteiger charge is -2.31. The highest BCUT2D eigenvalue weighted by molar-refractivity contribution is 6.02. The molecule has 16 heavy (non-hydrogen) atoms. The first-order valence-corrected chi connectivity index (χ1v) is 5.34. The second kappa shape index (κ2) is 4.35. The molecule has 1 fully saturated rings. The monoisotopic (exact) mass is 218 g/mol. The summed E-state index contributed by atoms with van der Waals surface area (Å²) in [6.45, 7) is 2.32. The van der Waals surface area contributed by atoms with Crippen LogP contribution in [-0.2, 0) is 9.59 Å². The lowest BCUT2D eigenvalue weighted by Crippen LogP contribution is -2.52. The van der Waals surface area contributed by atoms with Crippen LogP contribution in [0.5, 0.6) is 0 Å². The summed E-state index contributed by atoms with van der Waals surface area (Å²) in [7, 11) is 0. The van der Waals surface area contributed by atoms with Crippen molar-refractivity contribution < 1.29 is 9.59 Å². The second-order valence-electron chi connectivity index (χ2n) is 3.87. The summed E-state index contributed by atoms with van der Waals surface area (Å²) in [5.41, 5.74) is 0.885. The molecule has 0 spiro atoms. The number of β-lactam (4-membered cyclic amide) rings is 1. The van der Waals surface area contributed by atoms with E-state index in [-0.39, 0.29) is 17.9 Å². The van der Waals surface area contributed by atoms with Crippen molar-refractivity contribution in [3.8, 4) is 0 Å². The van der Waals surface area contributed by atoms with Gasteiger partial charge in [0.1, 0.15) is 6.04 Å². The molecular weight excluding hydrogens is 204 g/mol. The van der Waals surface area contributed by atoms with Crippen LogP contribution in [0.3, 0.4) is 0 Å². The molecule has 0 bridgehead atoms. The van der Waals surface area contributed by atoms with Gasteiger partial charge in [0.2, 0.25) is 5.91 Å². The van der Waals surface area contributed by atoms with Crippen molar-refractivity contribution in [1.82, 2.24) is 4.90 Å². The number of para-hydroxylation sites is 1. The summed E-state index contributed by atoms with van der Waals surface area (Å²) in [6.07, 6.45) is 0.490. The minimum absolute atomic E-state index is 0.0771. The minimum atomic E-state index is -0.369. The normalized spacial score (nSPS) is 16.6. The summed E-state index contributed by atoms with van der Waals surface area (Å²) >= 11 is 0. The van der Waals surface area contributed by atoms with Crippen LogP contribution in [0, 0.1) is 0 Å². The maximum Gasteiger partial charge on any atom is 0.251 e. The van der Waals surface area contributed by atoms with Gasteiger partial charge < -0.3 is 5.32 Å². The van der Waals surface area contributed by atoms with Crippen molar-refractivity contribution in [3.05, 3.63) is 30.3 Å². The number of hydrogen-bond acceptors (Lipinski definition) is 3. The Morgan fingerprint density at radius 2 is 2.06 bits per heavy atom. The molecule has 0 aliphatic carbocycles. The van der Waals surface area contributed by atoms with E-state index in [1.807, 2.05) is 30.3 Å². The van der Waals surface area contributed by atoms with Crippen molar-refractivity contribution in [2.75, 3.05) is 11.9 Å². The van der Waals surface area contributed by atoms with E-state index >= 15 is 0 Å². The third-order valence-corrected chi connectivity index (χ3v) is 2.64. The van der Waals surface area contributed by atoms with E-state index < -0.39 is 0 Å². The molecule has 2 amide bonds. The first-order valence-electron chi connectivity index (χ1n) is 5.34. The van der Waals surface area contributed by atoms with E-state index in [0.29, 0.717) is 13.0 Å². The van der Waals surface area contributed by atoms with Crippen LogP contribution in [0.2, 0.25) is 0 Å². The maximum absolute atomic E-state index is 11.8. The second-order valence-corrected chi connectivity index (χ2v) is 3.87. The Hall–Kier alpha value is -1.84. The minimum Gasteiger partial charge on any atom is -0.374 e. The molecule has 1 aliphatic rings. The van der Waals surface area contributed by atoms with Gasteiger partial charge in [-0.2, -0.15) is 0 Å². The van der Waals surface area contributed by atoms with Gasteiger partial charge in [-0.25, -0.2) is 0 Å². The number of anilines is 1. The molecule has 1 aromatic rings. The molecule has 1 heterocycles. The number of imide groups is 1. The van der Waals surface area contributed by atoms with Gasteiger partial charge in [0, 0.05) is 18.7 Å². The van der Waals surface area contributed by atoms with Crippen LogP contribution in [0.1, 0.15) is 13.3 Å². The fourth-order valence-corrected chi connectivity index (χ4v) is 1.63. The van der Waals surface area contributed by atoms with Gasteiger partial charge in [0.05, 0.1) is 0 Å². The van der Waals surface area contributed by atoms with E-state index in [0.717, 1.165) is 5.69 Å². The molecule has 0 unspecified atom stereocenters. The molecule has 0 radical (unpaired) electrons. The lowest BCUT2D eigenvalue weighted by molar-refractivity contribution is -0.152. The Labute approximate surface area is 94.2 Å². The Morgan fingerprint density at radius 1 is 1.38 bits per heavy atom. The molecule has 0 aromatic heterocycles. The summed E-state index contributed by atoms with van der Waals surface area (Å²) < 4.78 is 0. The van der Waals surface area contributed by atoms with Crippen molar-refractivity contribution in [2.24, 2.45) is 0 Å². The fraction of sp³-hybridized carbons (Fsp3) is 0.333. The zero-order valence-electron chi connectivity index (χ0n) is 9.14. The van der Waals surface area contributed by atoms with Gasteiger partial charge in [0.15, 0.2) is 0 Å². The summed E-state index contributed by atoms with van der Waals surface area (Å²) in [6, 6.07) is 9.12. The smallest absolute Gasteiger partial charge is 0.251 e. The number of nitrogens with one attached hydrogen (secondary N) is 1. The SMILES string of the molecule is C[C@H](Nc1ccccc1)C(=O)N1CCC1=O. The van der Waals surface area contributed by atoms with Crippen molar-refractivity contribution in [3.63, 3.8) is 0 Å². The van der Waals surface area contributed by atoms with Gasteiger partial charge in [0.25, 0.3) is 5.91 Å². The fourth-order valence-electron chi connectivity index (χ4n) is 1.63. The predicted octanol–water partition coefficient (Wildman–Crippen LogP) is 1.25. The summed E-state index contributed by atoms with van der Waals surface area (Å²) in [5.74, 6) is -0.230. The van der Waals surface area contributed by atoms with Crippen LogP contribution >= 0.6 is 0 Å². The molecule has 0 saturated carbocycles. The molecule has 1 aromatic carbocycles. The number of amides is 2. The van der Waals surface area contributed by atoms with Crippen LogP contribution in [-0.4, -0.2) is 29.3 Å². The third kappa shape index (κ3) is 2.05. The van der Waals surface area contributed by atoms with Crippen molar-refractivity contribution >= 4 is 17.5 Å². The average molecular weight is 218 g/mol. The highest BCUT2D eigenvalue weighted by atomic mass is 16.2. The molecule has 1 saturated heterocycles. The van der Waals surface area contributed by atoms with Crippen LogP contribution in [0.25, 0.3) is 0 Å². The van der Waals surface area contributed by atoms with Crippen LogP contribution in [0.4, 0.5) is 5.69 Å². The zero-order valence-corrected chi connectivity index (χ0v) is 9.14. The lowest BCUT2D eigenvalue weighted by atomic mass is 10.1. The molecule has 1 atom stereocenters. The number of carbonyl (C=O) groups is 2. The van der Waals surface area contributed by atoms with E-state index in [2.05, 4.69) is 5.32 Å². The maximum atomic E-state index is 11.8. The summed E-state index contributed by atoms with van der Waals surface area (Å²) in [4.78, 5) is 24.2. The molecule has 84 valence electrons. The Kier molecular flexibility index (Phi) is 2.90. The van der Waals surface area contributed by atoms with Gasteiger partial charge in [-0.1, -0.05) is 18.2 Å². The Morgan fingerprint density at radius 3 is 2.56 bits per heavy atom. The van der Waals surface area contributed by atoms with Gasteiger partial charge in [-0.05, 0) is 19.1 Å². The molecular formula is C12H14N2O2. The highest BCUT2D eigenvalue weighted by Gasteiger charge is 2.32. The summed E-state index contributed by atoms with van der Waals surface area (Å²) in [5, 5.41) is 3.07. The number of likely N-dealkylation sites (tertiary alicyclic amines) is 1. The van der Waals surface area contributed by atoms with E-state index in [4.69, 9.17) is 0 Å². The number of hydrogen-bond donors (Lipinski definition) is 1. The Balaban J connectivity index is 1.95. The van der Waals surface area contributed by atoms with Gasteiger partial charge in [-0.3, -0.25) is 14.5 Å². The Bertz CT molecular complexity index is 403. The van der Waals surface area contributed by atoms with Crippen LogP contribution < -0.4 is 5.32 Å². The van der Waals surface area contributed by atoms with Crippen LogP contribution in [0.15, 0.2) is 30.3 Å². The largest absolute Gasteiger partial charge is 0.374 e. The number of nitrogens with zero attached hydrogens (tertiary/aromatic N) is 1. The number of rotatable bonds is 3. The molecule has 4 nitrogen and oxygen atoms in total. The first-order chi connectivity index (χ1) is 7.68. The molecule has 2 rings (SSSR count). The molecule has 1 aliphatic heterocycles. The topological polar surface area (TPSA) is 49.4 Å². The van der Waals surface area contributed by atoms with Crippen molar-refractivity contribution in [1.29, 1.82) is 0 Å². The quantitative estimate of drug-likeness (QED) is 0.777. The van der Waals surface area contributed by atoms with Crippen molar-refractivity contribution in [2.45, 2.75) is 19.4 Å². The van der Waals surface area contributed by atoms with E-state index in [9.17, 15) is 9.59 Å². The molecule has 4 heteroatoms.